The standard InChI is InChI=1S/C20H40O3S2Si/c1-19(2,16-22-17-21-11-14-26(3,4)5)20(24-12-8-13-25-20)15-18-9-6-7-10-23-18/h18H,6-17H2,1-5H3. The van der Waals surface area contributed by atoms with E-state index >= 15 is 0 Å². The minimum Gasteiger partial charge on any atom is -0.378 e. The van der Waals surface area contributed by atoms with Crippen molar-refractivity contribution in [1.82, 2.24) is 0 Å². The first-order chi connectivity index (χ1) is 12.2. The lowest BCUT2D eigenvalue weighted by atomic mass is 9.85. The highest BCUT2D eigenvalue weighted by Gasteiger charge is 2.48. The van der Waals surface area contributed by atoms with Gasteiger partial charge in [0, 0.05) is 26.7 Å². The predicted octanol–water partition coefficient (Wildman–Crippen LogP) is 5.87. The van der Waals surface area contributed by atoms with Gasteiger partial charge in [-0.05, 0) is 49.7 Å². The fourth-order valence-corrected chi connectivity index (χ4v) is 8.05. The maximum absolute atomic E-state index is 6.10. The van der Waals surface area contributed by atoms with Gasteiger partial charge in [-0.3, -0.25) is 0 Å². The van der Waals surface area contributed by atoms with E-state index in [1.165, 1.54) is 43.2 Å². The molecule has 0 N–H and O–H groups in total. The monoisotopic (exact) mass is 420 g/mol. The quantitative estimate of drug-likeness (QED) is 0.250. The Balaban J connectivity index is 1.84. The summed E-state index contributed by atoms with van der Waals surface area (Å²) in [6.07, 6.45) is 6.66. The zero-order valence-electron chi connectivity index (χ0n) is 17.6. The second-order valence-corrected chi connectivity index (χ2v) is 18.2. The molecule has 0 aliphatic carbocycles. The molecule has 26 heavy (non-hydrogen) atoms. The van der Waals surface area contributed by atoms with Crippen LogP contribution >= 0.6 is 23.5 Å². The van der Waals surface area contributed by atoms with Gasteiger partial charge in [0.05, 0.1) is 16.8 Å². The summed E-state index contributed by atoms with van der Waals surface area (Å²) in [5, 5.41) is 0. The Hall–Kier alpha value is 0.797. The van der Waals surface area contributed by atoms with Crippen molar-refractivity contribution in [3.05, 3.63) is 0 Å². The number of thioether (sulfide) groups is 2. The van der Waals surface area contributed by atoms with E-state index in [4.69, 9.17) is 14.2 Å². The van der Waals surface area contributed by atoms with Gasteiger partial charge in [0.25, 0.3) is 0 Å². The van der Waals surface area contributed by atoms with Crippen molar-refractivity contribution in [3.8, 4) is 0 Å². The lowest BCUT2D eigenvalue weighted by Crippen LogP contribution is -2.47. The molecule has 0 spiro atoms. The third kappa shape index (κ3) is 7.32. The molecule has 2 fully saturated rings. The smallest absolute Gasteiger partial charge is 0.146 e. The summed E-state index contributed by atoms with van der Waals surface area (Å²) in [5.74, 6) is 2.52. The van der Waals surface area contributed by atoms with Crippen LogP contribution in [0.25, 0.3) is 0 Å². The molecule has 0 amide bonds. The van der Waals surface area contributed by atoms with Crippen LogP contribution in [0.3, 0.4) is 0 Å². The van der Waals surface area contributed by atoms with Crippen LogP contribution in [0, 0.1) is 5.41 Å². The lowest BCUT2D eigenvalue weighted by Gasteiger charge is -2.49. The summed E-state index contributed by atoms with van der Waals surface area (Å²) in [6.45, 7) is 14.9. The number of ether oxygens (including phenoxy) is 3. The van der Waals surface area contributed by atoms with Crippen LogP contribution in [0.2, 0.25) is 25.7 Å². The van der Waals surface area contributed by atoms with Crippen molar-refractivity contribution in [2.45, 2.75) is 81.8 Å². The van der Waals surface area contributed by atoms with Gasteiger partial charge in [0.2, 0.25) is 0 Å². The van der Waals surface area contributed by atoms with Crippen LogP contribution in [0.4, 0.5) is 0 Å². The second kappa shape index (κ2) is 10.5. The topological polar surface area (TPSA) is 27.7 Å². The fraction of sp³-hybridized carbons (Fsp3) is 1.00. The molecule has 3 nitrogen and oxygen atoms in total. The van der Waals surface area contributed by atoms with Gasteiger partial charge in [-0.2, -0.15) is 0 Å². The highest BCUT2D eigenvalue weighted by atomic mass is 32.2. The first-order valence-electron chi connectivity index (χ1n) is 10.3. The van der Waals surface area contributed by atoms with Crippen LogP contribution in [0.1, 0.15) is 46.0 Å². The van der Waals surface area contributed by atoms with Crippen LogP contribution in [-0.2, 0) is 14.2 Å². The van der Waals surface area contributed by atoms with Gasteiger partial charge < -0.3 is 14.2 Å². The maximum Gasteiger partial charge on any atom is 0.146 e. The van der Waals surface area contributed by atoms with Crippen LogP contribution in [0.15, 0.2) is 0 Å². The highest BCUT2D eigenvalue weighted by molar-refractivity contribution is 8.18. The Morgan fingerprint density at radius 2 is 1.81 bits per heavy atom. The number of rotatable bonds is 10. The average Bonchev–Trinajstić information content (AvgIpc) is 2.58. The van der Waals surface area contributed by atoms with Gasteiger partial charge in [-0.15, -0.1) is 23.5 Å². The molecule has 1 unspecified atom stereocenters. The Morgan fingerprint density at radius 1 is 1.08 bits per heavy atom. The predicted molar refractivity (Wildman–Crippen MR) is 119 cm³/mol. The van der Waals surface area contributed by atoms with Crippen molar-refractivity contribution < 1.29 is 14.2 Å². The molecule has 2 rings (SSSR count). The third-order valence-corrected chi connectivity index (χ3v) is 11.2. The van der Waals surface area contributed by atoms with Crippen LogP contribution in [0.5, 0.6) is 0 Å². The molecule has 2 heterocycles. The van der Waals surface area contributed by atoms with E-state index in [9.17, 15) is 0 Å². The largest absolute Gasteiger partial charge is 0.378 e. The lowest BCUT2D eigenvalue weighted by molar-refractivity contribution is -0.0784. The SMILES string of the molecule is CC(C)(COCOCC[Si](C)(C)C)C1(CC2CCCCO2)SCCCS1. The van der Waals surface area contributed by atoms with Crippen molar-refractivity contribution in [2.75, 3.05) is 38.1 Å². The van der Waals surface area contributed by atoms with Crippen molar-refractivity contribution in [3.63, 3.8) is 0 Å². The minimum absolute atomic E-state index is 0.103. The van der Waals surface area contributed by atoms with Crippen molar-refractivity contribution in [2.24, 2.45) is 5.41 Å². The fourth-order valence-electron chi connectivity index (χ4n) is 3.53. The van der Waals surface area contributed by atoms with E-state index in [1.54, 1.807) is 0 Å². The Labute approximate surface area is 171 Å². The molecule has 2 saturated heterocycles. The number of hydrogen-bond acceptors (Lipinski definition) is 5. The molecule has 0 aromatic rings. The molecule has 2 aliphatic rings. The summed E-state index contributed by atoms with van der Waals surface area (Å²) < 4.78 is 18.1. The summed E-state index contributed by atoms with van der Waals surface area (Å²) in [5.41, 5.74) is 0.103. The minimum atomic E-state index is -1.02. The molecule has 0 bridgehead atoms. The van der Waals surface area contributed by atoms with E-state index < -0.39 is 8.07 Å². The molecule has 0 aromatic carbocycles. The summed E-state index contributed by atoms with van der Waals surface area (Å²) in [7, 11) is -1.02. The zero-order valence-corrected chi connectivity index (χ0v) is 20.2. The normalized spacial score (nSPS) is 24.6. The van der Waals surface area contributed by atoms with Gasteiger partial charge in [0.15, 0.2) is 0 Å². The second-order valence-electron chi connectivity index (χ2n) is 9.57. The van der Waals surface area contributed by atoms with E-state index in [0.29, 0.717) is 12.9 Å². The van der Waals surface area contributed by atoms with Gasteiger partial charge in [-0.25, -0.2) is 0 Å². The molecule has 2 aliphatic heterocycles. The first-order valence-corrected chi connectivity index (χ1v) is 16.0. The van der Waals surface area contributed by atoms with Gasteiger partial charge >= 0.3 is 0 Å². The highest BCUT2D eigenvalue weighted by Crippen LogP contribution is 2.56. The van der Waals surface area contributed by atoms with Crippen LogP contribution < -0.4 is 0 Å². The summed E-state index contributed by atoms with van der Waals surface area (Å²) in [4.78, 5) is 0. The molecule has 154 valence electrons. The van der Waals surface area contributed by atoms with Gasteiger partial charge in [-0.1, -0.05) is 33.5 Å². The van der Waals surface area contributed by atoms with Crippen molar-refractivity contribution >= 4 is 31.6 Å². The van der Waals surface area contributed by atoms with E-state index in [2.05, 4.69) is 57.0 Å². The van der Waals surface area contributed by atoms with Gasteiger partial charge in [0.1, 0.15) is 6.79 Å². The molecule has 0 aromatic heterocycles. The first kappa shape index (κ1) is 23.1. The van der Waals surface area contributed by atoms with Crippen LogP contribution in [-0.4, -0.2) is 56.4 Å². The Bertz CT molecular complexity index is 400. The average molecular weight is 421 g/mol. The Kier molecular flexibility index (Phi) is 9.35. The molecule has 1 atom stereocenters. The molecular formula is C20H40O3S2Si. The summed E-state index contributed by atoms with van der Waals surface area (Å²) in [6, 6.07) is 1.20. The molecule has 0 saturated carbocycles. The molecule has 0 radical (unpaired) electrons. The van der Waals surface area contributed by atoms with E-state index in [1.807, 2.05) is 0 Å². The maximum atomic E-state index is 6.10. The van der Waals surface area contributed by atoms with Crippen molar-refractivity contribution in [1.29, 1.82) is 0 Å². The van der Waals surface area contributed by atoms with E-state index in [0.717, 1.165) is 26.2 Å². The third-order valence-electron chi connectivity index (χ3n) is 5.39. The Morgan fingerprint density at radius 3 is 2.42 bits per heavy atom. The zero-order chi connectivity index (χ0) is 19.1. The molecule has 6 heteroatoms. The summed E-state index contributed by atoms with van der Waals surface area (Å²) >= 11 is 4.30. The molecular weight excluding hydrogens is 380 g/mol. The number of hydrogen-bond donors (Lipinski definition) is 0. The van der Waals surface area contributed by atoms with E-state index in [-0.39, 0.29) is 9.49 Å².